The van der Waals surface area contributed by atoms with Crippen LogP contribution < -0.4 is 0 Å². The summed E-state index contributed by atoms with van der Waals surface area (Å²) in [6, 6.07) is 0. The van der Waals surface area contributed by atoms with Crippen LogP contribution in [-0.4, -0.2) is 12.2 Å². The summed E-state index contributed by atoms with van der Waals surface area (Å²) >= 11 is 0. The first kappa shape index (κ1) is 7.56. The molecule has 2 heteroatoms. The van der Waals surface area contributed by atoms with Gasteiger partial charge in [-0.3, -0.25) is 0 Å². The molecule has 2 aliphatic rings. The molecule has 0 N–H and O–H groups in total. The van der Waals surface area contributed by atoms with E-state index in [0.717, 1.165) is 19.1 Å². The van der Waals surface area contributed by atoms with Crippen LogP contribution in [-0.2, 0) is 9.47 Å². The van der Waals surface area contributed by atoms with Gasteiger partial charge in [-0.2, -0.15) is 0 Å². The Balaban J connectivity index is 2.13. The average Bonchev–Trinajstić information content (AvgIpc) is 2.16. The quantitative estimate of drug-likeness (QED) is 0.533. The molecule has 0 spiro atoms. The molecule has 2 aliphatic heterocycles. The number of ether oxygens (including phenoxy) is 2. The van der Waals surface area contributed by atoms with Crippen LogP contribution in [0.3, 0.4) is 0 Å². The fraction of sp³-hybridized carbons (Fsp3) is 0.889. The first-order valence-corrected chi connectivity index (χ1v) is 4.31. The first-order valence-electron chi connectivity index (χ1n) is 4.31. The zero-order chi connectivity index (χ0) is 8.06. The van der Waals surface area contributed by atoms with Crippen LogP contribution in [0.4, 0.5) is 0 Å². The molecule has 2 unspecified atom stereocenters. The molecule has 0 saturated carbocycles. The van der Waals surface area contributed by atoms with E-state index in [2.05, 4.69) is 20.8 Å². The van der Waals surface area contributed by atoms with Gasteiger partial charge >= 0.3 is 0 Å². The molecule has 2 saturated heterocycles. The van der Waals surface area contributed by atoms with Crippen LogP contribution in [0, 0.1) is 11.7 Å². The van der Waals surface area contributed by atoms with Crippen LogP contribution in [0.15, 0.2) is 0 Å². The Morgan fingerprint density at radius 1 is 1.18 bits per heavy atom. The van der Waals surface area contributed by atoms with E-state index in [-0.39, 0.29) is 5.41 Å². The molecule has 0 aliphatic carbocycles. The minimum Gasteiger partial charge on any atom is -0.342 e. The fourth-order valence-corrected chi connectivity index (χ4v) is 2.28. The molecule has 0 amide bonds. The highest BCUT2D eigenvalue weighted by atomic mass is 16.7. The van der Waals surface area contributed by atoms with Crippen LogP contribution in [0.2, 0.25) is 0 Å². The van der Waals surface area contributed by atoms with E-state index in [1.165, 1.54) is 0 Å². The normalized spacial score (nSPS) is 51.5. The lowest BCUT2D eigenvalue weighted by molar-refractivity contribution is -0.0490. The number of hydrogen-bond donors (Lipinski definition) is 0. The molecule has 1 radical (unpaired) electrons. The van der Waals surface area contributed by atoms with Crippen LogP contribution in [0.25, 0.3) is 0 Å². The molecular formula is C9H15O2. The molecular weight excluding hydrogens is 140 g/mol. The van der Waals surface area contributed by atoms with Crippen molar-refractivity contribution in [2.24, 2.45) is 5.41 Å². The van der Waals surface area contributed by atoms with E-state index in [4.69, 9.17) is 9.47 Å². The average molecular weight is 155 g/mol. The number of hydrogen-bond acceptors (Lipinski definition) is 2. The summed E-state index contributed by atoms with van der Waals surface area (Å²) in [6.07, 6.45) is 3.82. The van der Waals surface area contributed by atoms with E-state index in [0.29, 0.717) is 12.2 Å². The van der Waals surface area contributed by atoms with Crippen molar-refractivity contribution in [2.45, 2.75) is 45.8 Å². The molecule has 11 heavy (non-hydrogen) atoms. The highest BCUT2D eigenvalue weighted by Gasteiger charge is 2.52. The van der Waals surface area contributed by atoms with Crippen molar-refractivity contribution in [2.75, 3.05) is 0 Å². The van der Waals surface area contributed by atoms with E-state index in [9.17, 15) is 0 Å². The summed E-state index contributed by atoms with van der Waals surface area (Å²) in [7, 11) is 0. The van der Waals surface area contributed by atoms with Gasteiger partial charge in [0.05, 0.1) is 12.2 Å². The van der Waals surface area contributed by atoms with Crippen molar-refractivity contribution in [3.63, 3.8) is 0 Å². The van der Waals surface area contributed by atoms with Crippen molar-refractivity contribution in [1.29, 1.82) is 0 Å². The predicted octanol–water partition coefficient (Wildman–Crippen LogP) is 2.10. The van der Waals surface area contributed by atoms with Crippen molar-refractivity contribution < 1.29 is 9.47 Å². The fourth-order valence-electron chi connectivity index (χ4n) is 2.28. The lowest BCUT2D eigenvalue weighted by atomic mass is 9.84. The highest BCUT2D eigenvalue weighted by Crippen LogP contribution is 2.52. The Kier molecular flexibility index (Phi) is 1.52. The van der Waals surface area contributed by atoms with Crippen molar-refractivity contribution >= 4 is 0 Å². The third-order valence-corrected chi connectivity index (χ3v) is 2.59. The molecule has 2 fully saturated rings. The van der Waals surface area contributed by atoms with Crippen LogP contribution in [0.1, 0.15) is 33.6 Å². The Morgan fingerprint density at radius 2 is 1.64 bits per heavy atom. The SMILES string of the molecule is CC1CC2(C)CC(C)O[C]2O1. The second-order valence-corrected chi connectivity index (χ2v) is 4.11. The maximum atomic E-state index is 5.55. The minimum atomic E-state index is 0.221. The zero-order valence-corrected chi connectivity index (χ0v) is 7.39. The second kappa shape index (κ2) is 2.20. The first-order chi connectivity index (χ1) is 5.10. The maximum Gasteiger partial charge on any atom is 0.230 e. The molecule has 0 aromatic carbocycles. The lowest BCUT2D eigenvalue weighted by Gasteiger charge is -2.16. The van der Waals surface area contributed by atoms with Gasteiger partial charge in [-0.15, -0.1) is 0 Å². The van der Waals surface area contributed by atoms with Gasteiger partial charge in [-0.1, -0.05) is 6.92 Å². The largest absolute Gasteiger partial charge is 0.342 e. The van der Waals surface area contributed by atoms with Gasteiger partial charge in [0.1, 0.15) is 0 Å². The number of rotatable bonds is 0. The number of fused-ring (bicyclic) bond motifs is 1. The maximum absolute atomic E-state index is 5.55. The summed E-state index contributed by atoms with van der Waals surface area (Å²) in [5.74, 6) is 0. The Labute approximate surface area is 67.9 Å². The van der Waals surface area contributed by atoms with Gasteiger partial charge in [0.15, 0.2) is 0 Å². The van der Waals surface area contributed by atoms with Gasteiger partial charge in [0, 0.05) is 5.41 Å². The molecule has 2 atom stereocenters. The summed E-state index contributed by atoms with van der Waals surface area (Å²) in [6.45, 7) is 6.44. The summed E-state index contributed by atoms with van der Waals surface area (Å²) in [5.41, 5.74) is 0.221. The van der Waals surface area contributed by atoms with E-state index in [1.54, 1.807) is 0 Å². The molecule has 0 aromatic rings. The standard InChI is InChI=1S/C9H15O2/c1-6-4-9(3)5-7(2)11-8(9)10-6/h6-7H,4-5H2,1-3H3. The molecule has 0 bridgehead atoms. The smallest absolute Gasteiger partial charge is 0.230 e. The van der Waals surface area contributed by atoms with E-state index >= 15 is 0 Å². The predicted molar refractivity (Wildman–Crippen MR) is 41.7 cm³/mol. The molecule has 63 valence electrons. The summed E-state index contributed by atoms with van der Waals surface area (Å²) < 4.78 is 11.1. The van der Waals surface area contributed by atoms with Crippen molar-refractivity contribution in [1.82, 2.24) is 0 Å². The highest BCUT2D eigenvalue weighted by molar-refractivity contribution is 5.03. The van der Waals surface area contributed by atoms with Gasteiger partial charge in [-0.05, 0) is 26.7 Å². The van der Waals surface area contributed by atoms with Crippen LogP contribution >= 0.6 is 0 Å². The molecule has 2 rings (SSSR count). The van der Waals surface area contributed by atoms with E-state index < -0.39 is 0 Å². The zero-order valence-electron chi connectivity index (χ0n) is 7.39. The van der Waals surface area contributed by atoms with Gasteiger partial charge in [0.2, 0.25) is 6.29 Å². The van der Waals surface area contributed by atoms with Gasteiger partial charge in [-0.25, -0.2) is 0 Å². The molecule has 0 aromatic heterocycles. The summed E-state index contributed by atoms with van der Waals surface area (Å²) in [5, 5.41) is 0. The second-order valence-electron chi connectivity index (χ2n) is 4.11. The van der Waals surface area contributed by atoms with Crippen LogP contribution in [0.5, 0.6) is 0 Å². The Bertz CT molecular complexity index is 153. The molecule has 2 heterocycles. The summed E-state index contributed by atoms with van der Waals surface area (Å²) in [4.78, 5) is 0. The van der Waals surface area contributed by atoms with Crippen molar-refractivity contribution in [3.8, 4) is 0 Å². The molecule has 2 nitrogen and oxygen atoms in total. The third-order valence-electron chi connectivity index (χ3n) is 2.59. The Morgan fingerprint density at radius 3 is 2.00 bits per heavy atom. The third kappa shape index (κ3) is 1.09. The minimum absolute atomic E-state index is 0.221. The van der Waals surface area contributed by atoms with Gasteiger partial charge < -0.3 is 9.47 Å². The Hall–Kier alpha value is -0.0800. The topological polar surface area (TPSA) is 18.5 Å². The monoisotopic (exact) mass is 155 g/mol. The lowest BCUT2D eigenvalue weighted by Crippen LogP contribution is -2.14. The van der Waals surface area contributed by atoms with Crippen molar-refractivity contribution in [3.05, 3.63) is 6.29 Å². The van der Waals surface area contributed by atoms with E-state index in [1.807, 2.05) is 0 Å². The van der Waals surface area contributed by atoms with Gasteiger partial charge in [0.25, 0.3) is 0 Å².